The molecule has 2 aromatic rings. The quantitative estimate of drug-likeness (QED) is 0.385. The molecule has 0 radical (unpaired) electrons. The summed E-state index contributed by atoms with van der Waals surface area (Å²) in [4.78, 5) is 24.2. The van der Waals surface area contributed by atoms with Crippen LogP contribution in [0, 0.1) is 0 Å². The summed E-state index contributed by atoms with van der Waals surface area (Å²) in [6.45, 7) is 3.87. The van der Waals surface area contributed by atoms with Crippen molar-refractivity contribution in [2.45, 2.75) is 38.9 Å². The second kappa shape index (κ2) is 10.3. The average molecular weight is 387 g/mol. The molecule has 7 heteroatoms. The van der Waals surface area contributed by atoms with Gasteiger partial charge in [0.15, 0.2) is 0 Å². The predicted molar refractivity (Wildman–Crippen MR) is 105 cm³/mol. The first kappa shape index (κ1) is 21.2. The maximum absolute atomic E-state index is 12.3. The van der Waals surface area contributed by atoms with Gasteiger partial charge in [0.2, 0.25) is 5.76 Å². The van der Waals surface area contributed by atoms with Gasteiger partial charge in [0.05, 0.1) is 18.4 Å². The van der Waals surface area contributed by atoms with Crippen molar-refractivity contribution in [1.82, 2.24) is 0 Å². The summed E-state index contributed by atoms with van der Waals surface area (Å²) in [6, 6.07) is 8.04. The molecule has 2 rings (SSSR count). The van der Waals surface area contributed by atoms with Crippen LogP contribution in [0.1, 0.15) is 53.2 Å². The highest BCUT2D eigenvalue weighted by Crippen LogP contribution is 2.21. The number of hydrogen-bond acceptors (Lipinski definition) is 7. The van der Waals surface area contributed by atoms with Crippen molar-refractivity contribution in [3.8, 4) is 0 Å². The molecule has 0 aliphatic rings. The highest BCUT2D eigenvalue weighted by Gasteiger charge is 2.20. The monoisotopic (exact) mass is 387 g/mol. The van der Waals surface area contributed by atoms with Gasteiger partial charge in [-0.3, -0.25) is 0 Å². The molecule has 1 aromatic heterocycles. The number of hydrogen-bond donors (Lipinski definition) is 2. The Bertz CT molecular complexity index is 812. The SMILES string of the molecule is CCCCOC(=O)c1c(N)cccc1C=CC(O)C(C)OC(=O)c1ccco1. The van der Waals surface area contributed by atoms with Crippen LogP contribution in [-0.4, -0.2) is 35.9 Å². The van der Waals surface area contributed by atoms with Crippen LogP contribution in [0.2, 0.25) is 0 Å². The van der Waals surface area contributed by atoms with Gasteiger partial charge in [0.25, 0.3) is 0 Å². The first-order valence-electron chi connectivity index (χ1n) is 9.10. The Labute approximate surface area is 163 Å². The van der Waals surface area contributed by atoms with Crippen molar-refractivity contribution in [3.05, 3.63) is 59.6 Å². The lowest BCUT2D eigenvalue weighted by atomic mass is 10.0. The molecule has 0 fully saturated rings. The highest BCUT2D eigenvalue weighted by atomic mass is 16.6. The number of ether oxygens (including phenoxy) is 2. The third-order valence-corrected chi connectivity index (χ3v) is 4.03. The summed E-state index contributed by atoms with van der Waals surface area (Å²) in [7, 11) is 0. The second-order valence-corrected chi connectivity index (χ2v) is 6.24. The van der Waals surface area contributed by atoms with Crippen LogP contribution in [0.25, 0.3) is 6.08 Å². The average Bonchev–Trinajstić information content (AvgIpc) is 3.21. The van der Waals surface area contributed by atoms with E-state index in [4.69, 9.17) is 19.6 Å². The minimum absolute atomic E-state index is 0.0518. The molecule has 0 bridgehead atoms. The predicted octanol–water partition coefficient (Wildman–Crippen LogP) is 3.44. The van der Waals surface area contributed by atoms with Crippen molar-refractivity contribution in [2.75, 3.05) is 12.3 Å². The van der Waals surface area contributed by atoms with Gasteiger partial charge >= 0.3 is 11.9 Å². The Morgan fingerprint density at radius 1 is 1.25 bits per heavy atom. The smallest absolute Gasteiger partial charge is 0.374 e. The molecule has 150 valence electrons. The molecule has 1 aromatic carbocycles. The molecule has 1 heterocycles. The van der Waals surface area contributed by atoms with Crippen molar-refractivity contribution in [1.29, 1.82) is 0 Å². The number of unbranched alkanes of at least 4 members (excludes halogenated alkanes) is 1. The Hall–Kier alpha value is -3.06. The number of nitrogen functional groups attached to an aromatic ring is 1. The fraction of sp³-hybridized carbons (Fsp3) is 0.333. The van der Waals surface area contributed by atoms with E-state index in [0.29, 0.717) is 12.2 Å². The number of benzene rings is 1. The van der Waals surface area contributed by atoms with Crippen LogP contribution >= 0.6 is 0 Å². The van der Waals surface area contributed by atoms with Gasteiger partial charge in [-0.1, -0.05) is 37.6 Å². The van der Waals surface area contributed by atoms with E-state index < -0.39 is 24.1 Å². The van der Waals surface area contributed by atoms with Crippen molar-refractivity contribution in [2.24, 2.45) is 0 Å². The molecular weight excluding hydrogens is 362 g/mol. The van der Waals surface area contributed by atoms with Crippen LogP contribution in [0.3, 0.4) is 0 Å². The largest absolute Gasteiger partial charge is 0.462 e. The zero-order valence-electron chi connectivity index (χ0n) is 16.0. The fourth-order valence-electron chi connectivity index (χ4n) is 2.39. The van der Waals surface area contributed by atoms with Crippen LogP contribution < -0.4 is 5.73 Å². The van der Waals surface area contributed by atoms with E-state index in [1.807, 2.05) is 6.92 Å². The number of carbonyl (C=O) groups excluding carboxylic acids is 2. The second-order valence-electron chi connectivity index (χ2n) is 6.24. The first-order chi connectivity index (χ1) is 13.4. The van der Waals surface area contributed by atoms with E-state index in [0.717, 1.165) is 12.8 Å². The van der Waals surface area contributed by atoms with E-state index in [1.54, 1.807) is 37.3 Å². The molecule has 0 saturated carbocycles. The standard InChI is InChI=1S/C21H25NO6/c1-3-4-12-27-21(25)19-15(7-5-8-16(19)22)10-11-17(23)14(2)28-20(24)18-9-6-13-26-18/h5-11,13-14,17,23H,3-4,12,22H2,1-2H3. The minimum atomic E-state index is -1.09. The molecule has 0 saturated heterocycles. The maximum atomic E-state index is 12.3. The van der Waals surface area contributed by atoms with E-state index in [-0.39, 0.29) is 17.0 Å². The summed E-state index contributed by atoms with van der Waals surface area (Å²) >= 11 is 0. The number of carbonyl (C=O) groups is 2. The zero-order chi connectivity index (χ0) is 20.5. The van der Waals surface area contributed by atoms with Gasteiger partial charge in [-0.05, 0) is 37.1 Å². The van der Waals surface area contributed by atoms with E-state index in [9.17, 15) is 14.7 Å². The number of rotatable bonds is 9. The van der Waals surface area contributed by atoms with Crippen molar-refractivity contribution >= 4 is 23.7 Å². The number of aliphatic hydroxyl groups excluding tert-OH is 1. The Balaban J connectivity index is 2.07. The third kappa shape index (κ3) is 5.72. The Kier molecular flexibility index (Phi) is 7.83. The Morgan fingerprint density at radius 3 is 2.71 bits per heavy atom. The minimum Gasteiger partial charge on any atom is -0.462 e. The van der Waals surface area contributed by atoms with E-state index in [1.165, 1.54) is 18.4 Å². The number of furan rings is 1. The van der Waals surface area contributed by atoms with Crippen LogP contribution in [0.5, 0.6) is 0 Å². The van der Waals surface area contributed by atoms with E-state index >= 15 is 0 Å². The lowest BCUT2D eigenvalue weighted by molar-refractivity contribution is 0.000651. The fourth-order valence-corrected chi connectivity index (χ4v) is 2.39. The van der Waals surface area contributed by atoms with Crippen LogP contribution in [0.4, 0.5) is 5.69 Å². The van der Waals surface area contributed by atoms with Gasteiger partial charge in [-0.2, -0.15) is 0 Å². The molecule has 0 aliphatic heterocycles. The Morgan fingerprint density at radius 2 is 2.04 bits per heavy atom. The zero-order valence-corrected chi connectivity index (χ0v) is 16.0. The highest BCUT2D eigenvalue weighted by molar-refractivity contribution is 5.99. The third-order valence-electron chi connectivity index (χ3n) is 4.03. The molecule has 2 unspecified atom stereocenters. The van der Waals surface area contributed by atoms with Crippen LogP contribution in [-0.2, 0) is 9.47 Å². The number of nitrogens with two attached hydrogens (primary N) is 1. The summed E-state index contributed by atoms with van der Waals surface area (Å²) in [5.74, 6) is -1.14. The van der Waals surface area contributed by atoms with Gasteiger partial charge in [-0.25, -0.2) is 9.59 Å². The topological polar surface area (TPSA) is 112 Å². The molecule has 0 amide bonds. The number of aliphatic hydroxyl groups is 1. The summed E-state index contributed by atoms with van der Waals surface area (Å²) < 4.78 is 15.4. The molecule has 3 N–H and O–H groups in total. The lowest BCUT2D eigenvalue weighted by Gasteiger charge is -2.16. The molecule has 2 atom stereocenters. The summed E-state index contributed by atoms with van der Waals surface area (Å²) in [5, 5.41) is 10.3. The normalized spacial score (nSPS) is 13.2. The first-order valence-corrected chi connectivity index (χ1v) is 9.10. The van der Waals surface area contributed by atoms with Crippen LogP contribution in [0.15, 0.2) is 47.1 Å². The summed E-state index contributed by atoms with van der Waals surface area (Å²) in [5.41, 5.74) is 6.97. The summed E-state index contributed by atoms with van der Waals surface area (Å²) in [6.07, 6.45) is 4.09. The molecule has 7 nitrogen and oxygen atoms in total. The van der Waals surface area contributed by atoms with Gasteiger partial charge in [0, 0.05) is 5.69 Å². The van der Waals surface area contributed by atoms with Crippen molar-refractivity contribution in [3.63, 3.8) is 0 Å². The maximum Gasteiger partial charge on any atom is 0.374 e. The van der Waals surface area contributed by atoms with Crippen molar-refractivity contribution < 1.29 is 28.6 Å². The molecule has 0 spiro atoms. The van der Waals surface area contributed by atoms with Gasteiger partial charge in [0.1, 0.15) is 12.2 Å². The van der Waals surface area contributed by atoms with Gasteiger partial charge < -0.3 is 24.7 Å². The molecule has 0 aliphatic carbocycles. The number of esters is 2. The number of anilines is 1. The lowest BCUT2D eigenvalue weighted by Crippen LogP contribution is -2.26. The van der Waals surface area contributed by atoms with Gasteiger partial charge in [-0.15, -0.1) is 0 Å². The van der Waals surface area contributed by atoms with E-state index in [2.05, 4.69) is 0 Å². The molecule has 28 heavy (non-hydrogen) atoms. The molecular formula is C21H25NO6.